The summed E-state index contributed by atoms with van der Waals surface area (Å²) in [6.45, 7) is 0. The Balaban J connectivity index is 2.92. The van der Waals surface area contributed by atoms with E-state index in [2.05, 4.69) is 9.68 Å². The third-order valence-electron chi connectivity index (χ3n) is 1.52. The van der Waals surface area contributed by atoms with E-state index in [1.807, 2.05) is 0 Å². The van der Waals surface area contributed by atoms with E-state index in [9.17, 15) is 8.78 Å². The van der Waals surface area contributed by atoms with Gasteiger partial charge in [0.2, 0.25) is 5.58 Å². The second-order valence-corrected chi connectivity index (χ2v) is 2.33. The lowest BCUT2D eigenvalue weighted by molar-refractivity contribution is 0.442. The molecule has 0 aliphatic rings. The van der Waals surface area contributed by atoms with Gasteiger partial charge in [0.1, 0.15) is 5.82 Å². The number of anilines is 1. The van der Waals surface area contributed by atoms with Crippen LogP contribution >= 0.6 is 0 Å². The fraction of sp³-hybridized carbons (Fsp3) is 0. The van der Waals surface area contributed by atoms with Gasteiger partial charge in [-0.3, -0.25) is 0 Å². The number of halogens is 2. The Morgan fingerprint density at radius 2 is 2.08 bits per heavy atom. The van der Waals surface area contributed by atoms with Crippen molar-refractivity contribution in [2.24, 2.45) is 0 Å². The number of nitrogens with zero attached hydrogens (tertiary/aromatic N) is 1. The smallest absolute Gasteiger partial charge is 0.204 e. The molecule has 62 valence electrons. The molecule has 1 aromatic carbocycles. The van der Waals surface area contributed by atoms with Gasteiger partial charge >= 0.3 is 0 Å². The monoisotopic (exact) mass is 170 g/mol. The molecule has 2 rings (SSSR count). The highest BCUT2D eigenvalue weighted by atomic mass is 19.1. The molecule has 0 bridgehead atoms. The predicted octanol–water partition coefficient (Wildman–Crippen LogP) is 1.69. The minimum Gasteiger partial charge on any atom is -0.380 e. The zero-order valence-corrected chi connectivity index (χ0v) is 5.84. The Morgan fingerprint density at radius 3 is 2.83 bits per heavy atom. The summed E-state index contributed by atoms with van der Waals surface area (Å²) < 4.78 is 29.9. The van der Waals surface area contributed by atoms with Gasteiger partial charge in [-0.1, -0.05) is 5.16 Å². The summed E-state index contributed by atoms with van der Waals surface area (Å²) in [5.41, 5.74) is 5.16. The van der Waals surface area contributed by atoms with Crippen LogP contribution in [0.4, 0.5) is 14.6 Å². The fourth-order valence-electron chi connectivity index (χ4n) is 0.987. The molecular formula is C7H4F2N2O. The molecule has 0 saturated heterocycles. The highest BCUT2D eigenvalue weighted by Gasteiger charge is 2.11. The van der Waals surface area contributed by atoms with Gasteiger partial charge < -0.3 is 10.3 Å². The van der Waals surface area contributed by atoms with Crippen molar-refractivity contribution in [3.8, 4) is 0 Å². The van der Waals surface area contributed by atoms with Crippen LogP contribution in [0.1, 0.15) is 0 Å². The molecule has 0 saturated carbocycles. The van der Waals surface area contributed by atoms with Crippen molar-refractivity contribution >= 4 is 16.8 Å². The van der Waals surface area contributed by atoms with Crippen LogP contribution in [0, 0.1) is 11.6 Å². The van der Waals surface area contributed by atoms with Crippen molar-refractivity contribution in [2.75, 3.05) is 5.73 Å². The van der Waals surface area contributed by atoms with Crippen molar-refractivity contribution in [3.05, 3.63) is 23.8 Å². The Labute approximate surface area is 65.7 Å². The summed E-state index contributed by atoms with van der Waals surface area (Å²) in [6.07, 6.45) is 0. The number of rotatable bonds is 0. The SMILES string of the molecule is Nc1noc2c(F)cc(F)cc12. The number of hydrogen-bond donors (Lipinski definition) is 1. The van der Waals surface area contributed by atoms with Crippen LogP contribution in [0.25, 0.3) is 11.0 Å². The van der Waals surface area contributed by atoms with E-state index in [0.717, 1.165) is 6.07 Å². The number of aromatic nitrogens is 1. The predicted molar refractivity (Wildman–Crippen MR) is 38.3 cm³/mol. The van der Waals surface area contributed by atoms with Gasteiger partial charge in [-0.15, -0.1) is 0 Å². The molecule has 0 radical (unpaired) electrons. The fourth-order valence-corrected chi connectivity index (χ4v) is 0.987. The molecule has 1 aromatic heterocycles. The van der Waals surface area contributed by atoms with E-state index < -0.39 is 11.6 Å². The summed E-state index contributed by atoms with van der Waals surface area (Å²) in [5, 5.41) is 3.45. The molecule has 2 aromatic rings. The van der Waals surface area contributed by atoms with Crippen LogP contribution in [0.5, 0.6) is 0 Å². The van der Waals surface area contributed by atoms with E-state index in [-0.39, 0.29) is 16.8 Å². The van der Waals surface area contributed by atoms with Gasteiger partial charge in [-0.2, -0.15) is 0 Å². The third-order valence-corrected chi connectivity index (χ3v) is 1.52. The van der Waals surface area contributed by atoms with E-state index in [1.54, 1.807) is 0 Å². The van der Waals surface area contributed by atoms with Crippen molar-refractivity contribution in [3.63, 3.8) is 0 Å². The summed E-state index contributed by atoms with van der Waals surface area (Å²) in [6, 6.07) is 1.79. The summed E-state index contributed by atoms with van der Waals surface area (Å²) >= 11 is 0. The molecule has 5 heteroatoms. The molecule has 0 aliphatic carbocycles. The van der Waals surface area contributed by atoms with Crippen LogP contribution in [0.15, 0.2) is 16.7 Å². The maximum atomic E-state index is 12.8. The first-order chi connectivity index (χ1) is 5.68. The van der Waals surface area contributed by atoms with Gasteiger partial charge in [-0.25, -0.2) is 8.78 Å². The molecule has 12 heavy (non-hydrogen) atoms. The van der Waals surface area contributed by atoms with Gasteiger partial charge in [-0.05, 0) is 6.07 Å². The van der Waals surface area contributed by atoms with Gasteiger partial charge in [0, 0.05) is 6.07 Å². The number of nitrogen functional groups attached to an aromatic ring is 1. The summed E-state index contributed by atoms with van der Waals surface area (Å²) in [4.78, 5) is 0. The van der Waals surface area contributed by atoms with Crippen molar-refractivity contribution in [2.45, 2.75) is 0 Å². The number of fused-ring (bicyclic) bond motifs is 1. The Bertz CT molecular complexity index is 438. The zero-order chi connectivity index (χ0) is 8.72. The lowest BCUT2D eigenvalue weighted by Crippen LogP contribution is -1.85. The van der Waals surface area contributed by atoms with E-state index in [4.69, 9.17) is 5.73 Å². The van der Waals surface area contributed by atoms with Crippen molar-refractivity contribution < 1.29 is 13.3 Å². The molecule has 0 spiro atoms. The first kappa shape index (κ1) is 7.02. The van der Waals surface area contributed by atoms with Crippen LogP contribution in [0.3, 0.4) is 0 Å². The number of benzene rings is 1. The van der Waals surface area contributed by atoms with E-state index >= 15 is 0 Å². The van der Waals surface area contributed by atoms with Crippen LogP contribution in [-0.4, -0.2) is 5.16 Å². The molecule has 0 amide bonds. The van der Waals surface area contributed by atoms with Crippen molar-refractivity contribution in [1.82, 2.24) is 5.16 Å². The van der Waals surface area contributed by atoms with Crippen molar-refractivity contribution in [1.29, 1.82) is 0 Å². The normalized spacial score (nSPS) is 10.8. The standard InChI is InChI=1S/C7H4F2N2O/c8-3-1-4-6(5(9)2-3)12-11-7(4)10/h1-2H,(H2,10,11). The second kappa shape index (κ2) is 2.17. The van der Waals surface area contributed by atoms with Gasteiger partial charge in [0.05, 0.1) is 5.39 Å². The molecule has 2 N–H and O–H groups in total. The van der Waals surface area contributed by atoms with Gasteiger partial charge in [0.15, 0.2) is 11.6 Å². The quantitative estimate of drug-likeness (QED) is 0.654. The Morgan fingerprint density at radius 1 is 1.33 bits per heavy atom. The van der Waals surface area contributed by atoms with Crippen LogP contribution in [0.2, 0.25) is 0 Å². The molecule has 0 fully saturated rings. The average Bonchev–Trinajstić information content (AvgIpc) is 2.33. The molecular weight excluding hydrogens is 166 g/mol. The molecule has 0 aliphatic heterocycles. The first-order valence-corrected chi connectivity index (χ1v) is 3.18. The first-order valence-electron chi connectivity index (χ1n) is 3.18. The average molecular weight is 170 g/mol. The summed E-state index contributed by atoms with van der Waals surface area (Å²) in [5.74, 6) is -1.51. The molecule has 0 atom stereocenters. The Kier molecular flexibility index (Phi) is 1.27. The molecule has 1 heterocycles. The second-order valence-electron chi connectivity index (χ2n) is 2.33. The zero-order valence-electron chi connectivity index (χ0n) is 5.84. The number of hydrogen-bond acceptors (Lipinski definition) is 3. The lowest BCUT2D eigenvalue weighted by atomic mass is 10.2. The summed E-state index contributed by atoms with van der Waals surface area (Å²) in [7, 11) is 0. The maximum absolute atomic E-state index is 12.8. The number of nitrogens with two attached hydrogens (primary N) is 1. The van der Waals surface area contributed by atoms with Gasteiger partial charge in [0.25, 0.3) is 0 Å². The third kappa shape index (κ3) is 0.827. The van der Waals surface area contributed by atoms with Crippen LogP contribution in [-0.2, 0) is 0 Å². The Hall–Kier alpha value is -1.65. The maximum Gasteiger partial charge on any atom is 0.204 e. The van der Waals surface area contributed by atoms with Crippen LogP contribution < -0.4 is 5.73 Å². The molecule has 3 nitrogen and oxygen atoms in total. The molecule has 0 unspecified atom stereocenters. The topological polar surface area (TPSA) is 52.0 Å². The highest BCUT2D eigenvalue weighted by molar-refractivity contribution is 5.87. The minimum atomic E-state index is -0.797. The minimum absolute atomic E-state index is 0.0107. The lowest BCUT2D eigenvalue weighted by Gasteiger charge is -1.90. The highest BCUT2D eigenvalue weighted by Crippen LogP contribution is 2.23. The largest absolute Gasteiger partial charge is 0.380 e. The van der Waals surface area contributed by atoms with E-state index in [0.29, 0.717) is 6.07 Å². The van der Waals surface area contributed by atoms with E-state index in [1.165, 1.54) is 0 Å².